The number of hydrogen-bond acceptors (Lipinski definition) is 1. The standard InChI is InChI=1S/C13H14BrF2N/c14-6-9-4-11(15)13(12(16)5-9)17-7-8-1-2-10(17)3-8/h4-5,8,10H,1-3,6-7H2. The van der Waals surface area contributed by atoms with E-state index in [2.05, 4.69) is 15.9 Å². The van der Waals surface area contributed by atoms with Gasteiger partial charge in [0.15, 0.2) is 0 Å². The molecule has 17 heavy (non-hydrogen) atoms. The van der Waals surface area contributed by atoms with Gasteiger partial charge in [0.05, 0.1) is 0 Å². The number of benzene rings is 1. The summed E-state index contributed by atoms with van der Waals surface area (Å²) in [6.07, 6.45) is 3.38. The number of alkyl halides is 1. The zero-order valence-corrected chi connectivity index (χ0v) is 11.0. The number of piperidine rings is 1. The van der Waals surface area contributed by atoms with Crippen molar-refractivity contribution in [2.75, 3.05) is 11.4 Å². The molecule has 3 rings (SSSR count). The number of halogens is 3. The van der Waals surface area contributed by atoms with E-state index in [1.165, 1.54) is 18.6 Å². The summed E-state index contributed by atoms with van der Waals surface area (Å²) < 4.78 is 27.9. The molecule has 1 aromatic rings. The van der Waals surface area contributed by atoms with Crippen molar-refractivity contribution < 1.29 is 8.78 Å². The fourth-order valence-corrected chi connectivity index (χ4v) is 3.49. The Morgan fingerprint density at radius 2 is 1.94 bits per heavy atom. The van der Waals surface area contributed by atoms with Crippen molar-refractivity contribution in [1.29, 1.82) is 0 Å². The van der Waals surface area contributed by atoms with Gasteiger partial charge in [0.1, 0.15) is 17.3 Å². The summed E-state index contributed by atoms with van der Waals surface area (Å²) in [7, 11) is 0. The van der Waals surface area contributed by atoms with Gasteiger partial charge in [0.25, 0.3) is 0 Å². The lowest BCUT2D eigenvalue weighted by Crippen LogP contribution is -2.33. The molecule has 92 valence electrons. The molecule has 1 aliphatic heterocycles. The van der Waals surface area contributed by atoms with Crippen LogP contribution in [0.4, 0.5) is 14.5 Å². The predicted octanol–water partition coefficient (Wildman–Crippen LogP) is 3.85. The van der Waals surface area contributed by atoms with Gasteiger partial charge in [0, 0.05) is 17.9 Å². The van der Waals surface area contributed by atoms with Crippen LogP contribution < -0.4 is 4.90 Å². The van der Waals surface area contributed by atoms with Crippen molar-refractivity contribution in [3.05, 3.63) is 29.3 Å². The van der Waals surface area contributed by atoms with Crippen LogP contribution in [-0.4, -0.2) is 12.6 Å². The van der Waals surface area contributed by atoms with Crippen LogP contribution in [0.25, 0.3) is 0 Å². The Hall–Kier alpha value is -0.640. The fraction of sp³-hybridized carbons (Fsp3) is 0.538. The Morgan fingerprint density at radius 1 is 1.24 bits per heavy atom. The number of hydrogen-bond donors (Lipinski definition) is 0. The Kier molecular flexibility index (Phi) is 2.85. The largest absolute Gasteiger partial charge is 0.364 e. The van der Waals surface area contributed by atoms with Crippen LogP contribution >= 0.6 is 15.9 Å². The molecule has 2 atom stereocenters. The highest BCUT2D eigenvalue weighted by Crippen LogP contribution is 2.42. The van der Waals surface area contributed by atoms with Crippen LogP contribution in [0.3, 0.4) is 0 Å². The average molecular weight is 302 g/mol. The molecule has 0 radical (unpaired) electrons. The Balaban J connectivity index is 1.98. The van der Waals surface area contributed by atoms with Gasteiger partial charge in [-0.05, 0) is 42.9 Å². The van der Waals surface area contributed by atoms with Crippen LogP contribution in [0.5, 0.6) is 0 Å². The minimum atomic E-state index is -0.424. The first-order valence-electron chi connectivity index (χ1n) is 5.99. The lowest BCUT2D eigenvalue weighted by molar-refractivity contribution is 0.520. The van der Waals surface area contributed by atoms with Crippen LogP contribution in [0.2, 0.25) is 0 Å². The number of anilines is 1. The summed E-state index contributed by atoms with van der Waals surface area (Å²) in [5, 5.41) is 0.479. The Bertz CT molecular complexity index is 426. The van der Waals surface area contributed by atoms with Gasteiger partial charge in [-0.3, -0.25) is 0 Å². The first-order chi connectivity index (χ1) is 8.19. The zero-order valence-electron chi connectivity index (χ0n) is 9.43. The third kappa shape index (κ3) is 1.86. The molecule has 1 heterocycles. The molecule has 1 aliphatic carbocycles. The van der Waals surface area contributed by atoms with E-state index in [0.29, 0.717) is 22.9 Å². The van der Waals surface area contributed by atoms with E-state index in [9.17, 15) is 8.78 Å². The molecule has 0 amide bonds. The van der Waals surface area contributed by atoms with E-state index in [-0.39, 0.29) is 5.69 Å². The van der Waals surface area contributed by atoms with Crippen molar-refractivity contribution in [3.8, 4) is 0 Å². The quantitative estimate of drug-likeness (QED) is 0.750. The number of nitrogens with zero attached hydrogens (tertiary/aromatic N) is 1. The molecule has 1 aromatic carbocycles. The summed E-state index contributed by atoms with van der Waals surface area (Å²) >= 11 is 3.22. The summed E-state index contributed by atoms with van der Waals surface area (Å²) in [5.41, 5.74) is 0.829. The van der Waals surface area contributed by atoms with E-state index in [1.54, 1.807) is 0 Å². The smallest absolute Gasteiger partial charge is 0.149 e. The van der Waals surface area contributed by atoms with Gasteiger partial charge in [-0.25, -0.2) is 8.78 Å². The maximum Gasteiger partial charge on any atom is 0.149 e. The molecule has 2 unspecified atom stereocenters. The van der Waals surface area contributed by atoms with Crippen LogP contribution in [0.15, 0.2) is 12.1 Å². The Morgan fingerprint density at radius 3 is 2.41 bits per heavy atom. The normalized spacial score (nSPS) is 26.9. The first-order valence-corrected chi connectivity index (χ1v) is 7.11. The van der Waals surface area contributed by atoms with Gasteiger partial charge in [0.2, 0.25) is 0 Å². The van der Waals surface area contributed by atoms with Crippen molar-refractivity contribution in [2.24, 2.45) is 5.92 Å². The monoisotopic (exact) mass is 301 g/mol. The molecule has 1 nitrogen and oxygen atoms in total. The zero-order chi connectivity index (χ0) is 12.0. The highest BCUT2D eigenvalue weighted by molar-refractivity contribution is 9.08. The third-order valence-corrected chi connectivity index (χ3v) is 4.57. The number of fused-ring (bicyclic) bond motifs is 2. The summed E-state index contributed by atoms with van der Waals surface area (Å²) in [4.78, 5) is 1.93. The molecule has 0 spiro atoms. The molecule has 1 saturated heterocycles. The highest BCUT2D eigenvalue weighted by Gasteiger charge is 2.39. The van der Waals surface area contributed by atoms with Gasteiger partial charge in [-0.2, -0.15) is 0 Å². The molecule has 2 fully saturated rings. The third-order valence-electron chi connectivity index (χ3n) is 3.93. The summed E-state index contributed by atoms with van der Waals surface area (Å²) in [6.45, 7) is 0.812. The first kappa shape index (κ1) is 11.5. The minimum absolute atomic E-state index is 0.182. The number of rotatable bonds is 2. The molecular formula is C13H14BrF2N. The maximum atomic E-state index is 14.0. The lowest BCUT2D eigenvalue weighted by atomic mass is 10.1. The fourth-order valence-electron chi connectivity index (χ4n) is 3.17. The topological polar surface area (TPSA) is 3.24 Å². The SMILES string of the molecule is Fc1cc(CBr)cc(F)c1N1CC2CCC1C2. The summed E-state index contributed by atoms with van der Waals surface area (Å²) in [6, 6.07) is 3.21. The van der Waals surface area contributed by atoms with Gasteiger partial charge < -0.3 is 4.90 Å². The van der Waals surface area contributed by atoms with Crippen molar-refractivity contribution in [2.45, 2.75) is 30.6 Å². The van der Waals surface area contributed by atoms with Crippen molar-refractivity contribution >= 4 is 21.6 Å². The van der Waals surface area contributed by atoms with Gasteiger partial charge in [-0.15, -0.1) is 0 Å². The van der Waals surface area contributed by atoms with Crippen LogP contribution in [-0.2, 0) is 5.33 Å². The van der Waals surface area contributed by atoms with Crippen molar-refractivity contribution in [1.82, 2.24) is 0 Å². The molecule has 1 saturated carbocycles. The van der Waals surface area contributed by atoms with Gasteiger partial charge in [-0.1, -0.05) is 15.9 Å². The van der Waals surface area contributed by atoms with E-state index in [0.717, 1.165) is 19.4 Å². The molecule has 4 heteroatoms. The van der Waals surface area contributed by atoms with E-state index in [4.69, 9.17) is 0 Å². The summed E-state index contributed by atoms with van der Waals surface area (Å²) in [5.74, 6) is -0.214. The average Bonchev–Trinajstić information content (AvgIpc) is 2.90. The Labute approximate surface area is 108 Å². The second kappa shape index (κ2) is 4.23. The minimum Gasteiger partial charge on any atom is -0.364 e. The van der Waals surface area contributed by atoms with Crippen LogP contribution in [0, 0.1) is 17.6 Å². The second-order valence-corrected chi connectivity index (χ2v) is 5.59. The maximum absolute atomic E-state index is 14.0. The van der Waals surface area contributed by atoms with Crippen LogP contribution in [0.1, 0.15) is 24.8 Å². The van der Waals surface area contributed by atoms with E-state index < -0.39 is 11.6 Å². The highest BCUT2D eigenvalue weighted by atomic mass is 79.9. The molecule has 2 aliphatic rings. The lowest BCUT2D eigenvalue weighted by Gasteiger charge is -2.29. The van der Waals surface area contributed by atoms with E-state index in [1.807, 2.05) is 4.90 Å². The molecule has 0 N–H and O–H groups in total. The van der Waals surface area contributed by atoms with Gasteiger partial charge >= 0.3 is 0 Å². The second-order valence-electron chi connectivity index (χ2n) is 5.03. The van der Waals surface area contributed by atoms with Crippen molar-refractivity contribution in [3.63, 3.8) is 0 Å². The molecule has 2 bridgehead atoms. The molecule has 0 aromatic heterocycles. The molecular weight excluding hydrogens is 288 g/mol. The van der Waals surface area contributed by atoms with E-state index >= 15 is 0 Å². The predicted molar refractivity (Wildman–Crippen MR) is 67.5 cm³/mol.